The van der Waals surface area contributed by atoms with Gasteiger partial charge in [0, 0.05) is 26.2 Å². The van der Waals surface area contributed by atoms with Gasteiger partial charge in [0.1, 0.15) is 0 Å². The molecular weight excluding hydrogens is 1510 g/mol. The zero-order valence-corrected chi connectivity index (χ0v) is 89.9. The zero-order valence-electron chi connectivity index (χ0n) is 89.9. The second-order valence-electron chi connectivity index (χ2n) is 37.2. The van der Waals surface area contributed by atoms with Crippen LogP contribution in [0.25, 0.3) is 0 Å². The van der Waals surface area contributed by atoms with E-state index in [1.54, 1.807) is 0 Å². The van der Waals surface area contributed by atoms with E-state index in [4.69, 9.17) is 34.4 Å². The molecule has 18 heteroatoms. The van der Waals surface area contributed by atoms with Crippen molar-refractivity contribution >= 4 is 0 Å². The summed E-state index contributed by atoms with van der Waals surface area (Å²) in [5.74, 6) is 3.15. The van der Waals surface area contributed by atoms with Crippen LogP contribution < -0.4 is 50.4 Å². The van der Waals surface area contributed by atoms with Crippen molar-refractivity contribution in [1.29, 1.82) is 0 Å². The largest absolute Gasteiger partial charge is 0.330 e. The number of rotatable bonds is 66. The Morgan fingerprint density at radius 2 is 0.415 bits per heavy atom. The topological polar surface area (TPSA) is 221 Å². The smallest absolute Gasteiger partial charge is 0.0105 e. The van der Waals surface area contributed by atoms with E-state index in [9.17, 15) is 0 Å². The highest BCUT2D eigenvalue weighted by molar-refractivity contribution is 4.73. The maximum absolute atomic E-state index is 5.54. The normalized spacial score (nSPS) is 13.8. The molecule has 3 saturated heterocycles. The van der Waals surface area contributed by atoms with E-state index in [0.29, 0.717) is 0 Å². The number of nitrogens with two attached hydrogens (primary N) is 6. The monoisotopic (exact) mass is 1760 g/mol. The highest BCUT2D eigenvalue weighted by Crippen LogP contribution is 2.24. The quantitative estimate of drug-likeness (QED) is 0.0258. The molecular formula is C105H246N18. The van der Waals surface area contributed by atoms with Crippen LogP contribution in [0.1, 0.15) is 411 Å². The minimum atomic E-state index is 0.740. The SMILES string of the molecule is CCCCC1CCN(C)CC1.CCCCCC1CCN(C)CC1.CCCCCCC1CCN(C)CC1.CCCCCCN(C)C.CCCCCCN(CCCCN)CCCCN.CCCCCCNC.CCCCCN(C)C.CCCCCN(CCCN)CCCN.CCCCCNC.CCCCN(C)C.CCCCN(CCN)CCN.CCCCNC. The average molecular weight is 1760 g/mol. The van der Waals surface area contributed by atoms with Crippen LogP contribution in [-0.2, 0) is 0 Å². The van der Waals surface area contributed by atoms with Crippen molar-refractivity contribution in [3.63, 3.8) is 0 Å². The van der Waals surface area contributed by atoms with Crippen LogP contribution in [0.2, 0.25) is 0 Å². The fourth-order valence-corrected chi connectivity index (χ4v) is 14.4. The van der Waals surface area contributed by atoms with Gasteiger partial charge in [0.25, 0.3) is 0 Å². The van der Waals surface area contributed by atoms with Gasteiger partial charge in [-0.2, -0.15) is 0 Å². The van der Waals surface area contributed by atoms with Gasteiger partial charge in [-0.25, -0.2) is 0 Å². The molecule has 0 aromatic rings. The fourth-order valence-electron chi connectivity index (χ4n) is 14.4. The minimum absolute atomic E-state index is 0.740. The molecule has 0 atom stereocenters. The van der Waals surface area contributed by atoms with E-state index < -0.39 is 0 Å². The van der Waals surface area contributed by atoms with E-state index >= 15 is 0 Å². The zero-order chi connectivity index (χ0) is 94.2. The summed E-state index contributed by atoms with van der Waals surface area (Å²) in [6, 6.07) is 0. The molecule has 0 aromatic carbocycles. The van der Waals surface area contributed by atoms with Crippen molar-refractivity contribution in [1.82, 2.24) is 60.0 Å². The Morgan fingerprint density at radius 3 is 0.707 bits per heavy atom. The summed E-state index contributed by atoms with van der Waals surface area (Å²) in [4.78, 5) is 21.5. The Bertz CT molecular complexity index is 1610. The Hall–Kier alpha value is -0.720. The molecule has 0 spiro atoms. The molecule has 3 rings (SSSR count). The molecule has 0 bridgehead atoms. The van der Waals surface area contributed by atoms with Gasteiger partial charge in [-0.05, 0) is 388 Å². The second-order valence-corrected chi connectivity index (χ2v) is 37.2. The van der Waals surface area contributed by atoms with E-state index in [1.165, 1.54) is 400 Å². The fraction of sp³-hybridized carbons (Fsp3) is 1.00. The summed E-state index contributed by atoms with van der Waals surface area (Å²) in [6.07, 6.45) is 69.0. The van der Waals surface area contributed by atoms with Gasteiger partial charge in [0.05, 0.1) is 0 Å². The van der Waals surface area contributed by atoms with Crippen LogP contribution in [0.5, 0.6) is 0 Å². The highest BCUT2D eigenvalue weighted by atomic mass is 15.1. The maximum Gasteiger partial charge on any atom is 0.0105 e. The second kappa shape index (κ2) is 130. The molecule has 0 aromatic heterocycles. The Kier molecular flexibility index (Phi) is 148. The van der Waals surface area contributed by atoms with Crippen molar-refractivity contribution in [3.05, 3.63) is 0 Å². The predicted octanol–water partition coefficient (Wildman–Crippen LogP) is 21.7. The molecule has 15 N–H and O–H groups in total. The number of nitrogens with zero attached hydrogens (tertiary/aromatic N) is 9. The highest BCUT2D eigenvalue weighted by Gasteiger charge is 2.18. The first-order valence-corrected chi connectivity index (χ1v) is 53.9. The van der Waals surface area contributed by atoms with Crippen molar-refractivity contribution in [2.24, 2.45) is 52.2 Å². The molecule has 0 saturated carbocycles. The van der Waals surface area contributed by atoms with Crippen molar-refractivity contribution in [3.8, 4) is 0 Å². The van der Waals surface area contributed by atoms with Gasteiger partial charge >= 0.3 is 0 Å². The van der Waals surface area contributed by atoms with Crippen molar-refractivity contribution < 1.29 is 0 Å². The third-order valence-corrected chi connectivity index (χ3v) is 23.2. The lowest BCUT2D eigenvalue weighted by molar-refractivity contribution is 0.209. The van der Waals surface area contributed by atoms with Crippen LogP contribution in [-0.4, -0.2) is 305 Å². The molecule has 0 amide bonds. The first kappa shape index (κ1) is 140. The number of likely N-dealkylation sites (tertiary alicyclic amines) is 3. The van der Waals surface area contributed by atoms with Crippen LogP contribution in [0, 0.1) is 17.8 Å². The first-order chi connectivity index (χ1) is 59.6. The number of hydrogen-bond acceptors (Lipinski definition) is 18. The van der Waals surface area contributed by atoms with Crippen LogP contribution >= 0.6 is 0 Å². The minimum Gasteiger partial charge on any atom is -0.330 e. The molecule has 123 heavy (non-hydrogen) atoms. The molecule has 3 fully saturated rings. The van der Waals surface area contributed by atoms with Crippen molar-refractivity contribution in [2.75, 3.05) is 261 Å². The molecule has 3 aliphatic rings. The lowest BCUT2D eigenvalue weighted by Crippen LogP contribution is -2.34. The van der Waals surface area contributed by atoms with Crippen LogP contribution in [0.4, 0.5) is 0 Å². The summed E-state index contributed by atoms with van der Waals surface area (Å²) in [5, 5.41) is 9.30. The van der Waals surface area contributed by atoms with E-state index in [1.807, 2.05) is 21.1 Å². The van der Waals surface area contributed by atoms with E-state index in [2.05, 4.69) is 207 Å². The van der Waals surface area contributed by atoms with Gasteiger partial charge in [-0.15, -0.1) is 0 Å². The van der Waals surface area contributed by atoms with Crippen LogP contribution in [0.15, 0.2) is 0 Å². The summed E-state index contributed by atoms with van der Waals surface area (Å²) in [5.41, 5.74) is 33.0. The number of hydrogen-bond donors (Lipinski definition) is 9. The lowest BCUT2D eigenvalue weighted by Gasteiger charge is -2.28. The third-order valence-electron chi connectivity index (χ3n) is 23.2. The predicted molar refractivity (Wildman–Crippen MR) is 568 cm³/mol. The molecule has 0 unspecified atom stereocenters. The number of piperidine rings is 3. The van der Waals surface area contributed by atoms with Gasteiger partial charge in [-0.3, -0.25) is 0 Å². The van der Waals surface area contributed by atoms with Gasteiger partial charge in [0.15, 0.2) is 0 Å². The van der Waals surface area contributed by atoms with Gasteiger partial charge in [-0.1, -0.05) is 276 Å². The molecule has 3 aliphatic heterocycles. The van der Waals surface area contributed by atoms with Gasteiger partial charge < -0.3 is 94.5 Å². The van der Waals surface area contributed by atoms with Crippen molar-refractivity contribution in [2.45, 2.75) is 411 Å². The first-order valence-electron chi connectivity index (χ1n) is 53.9. The third kappa shape index (κ3) is 142. The number of unbranched alkanes of at least 4 members (excludes halogenated alkanes) is 26. The molecule has 3 heterocycles. The summed E-state index contributed by atoms with van der Waals surface area (Å²) in [7, 11) is 25.4. The molecule has 0 aliphatic carbocycles. The Labute approximate surface area is 779 Å². The van der Waals surface area contributed by atoms with E-state index in [0.717, 1.165) is 122 Å². The maximum atomic E-state index is 5.54. The standard InChI is InChI=1S/C14H33N3.C12H25N.C11H27N3.C11H23N.C10H21N.C8H21N3.C8H19N.2C7H17N.2C6H15N.C5H13N/c1-2-3-4-7-12-17(13-8-5-10-15)14-9-6-11-16;1-3-4-5-6-7-12-8-10-13(2)11-9-12;1-2-3-4-9-14(10-5-7-12)11-6-8-13;1-3-4-5-6-11-7-9-12(2)10-8-11;1-3-4-5-10-6-8-11(2)9-7-10;1-2-3-6-11(7-4-9)8-5-10;1-4-5-6-7-8-9(2)3;1-4-5-6-7-8(2)3;1-3-4-5-6-7-8-2;1-4-5-6-7(2)3;1-3-4-5-6-7-2;1-3-4-5-6-2/h2-16H2,1H3;12H,3-11H2,1-2H3;2-13H2,1H3;11H,3-10H2,1-2H3;10H,3-9H2,1-2H3;2-10H2,1H3;4-8H2,1-3H3;4-7H2,1-3H3;8H,3-7H2,1-2H3;4-6H2,1-3H3;7H,3-6H2,1-2H3;6H,3-5H2,1-2H3. The summed E-state index contributed by atoms with van der Waals surface area (Å²) >= 11 is 0. The summed E-state index contributed by atoms with van der Waals surface area (Å²) < 4.78 is 0. The lowest BCUT2D eigenvalue weighted by atomic mass is 9.91. The molecule has 18 nitrogen and oxygen atoms in total. The Morgan fingerprint density at radius 1 is 0.211 bits per heavy atom. The van der Waals surface area contributed by atoms with Gasteiger partial charge in [0.2, 0.25) is 0 Å². The average Bonchev–Trinajstić information content (AvgIpc) is 0.944. The molecule has 0 radical (unpaired) electrons. The van der Waals surface area contributed by atoms with E-state index in [-0.39, 0.29) is 0 Å². The number of nitrogens with one attached hydrogen (secondary N) is 3. The van der Waals surface area contributed by atoms with Crippen LogP contribution in [0.3, 0.4) is 0 Å². The Balaban J connectivity index is -0.000000166. The molecule has 756 valence electrons. The summed E-state index contributed by atoms with van der Waals surface area (Å²) in [6.45, 7) is 57.1.